The van der Waals surface area contributed by atoms with Gasteiger partial charge in [0.1, 0.15) is 0 Å². The summed E-state index contributed by atoms with van der Waals surface area (Å²) in [5.41, 5.74) is 2.18. The first-order chi connectivity index (χ1) is 13.7. The van der Waals surface area contributed by atoms with E-state index in [1.165, 1.54) is 32.1 Å². The molecule has 0 aromatic carbocycles. The Balaban J connectivity index is 1.58. The lowest BCUT2D eigenvalue weighted by Crippen LogP contribution is -2.44. The van der Waals surface area contributed by atoms with Gasteiger partial charge in [-0.05, 0) is 77.2 Å². The molecule has 1 heteroatoms. The van der Waals surface area contributed by atoms with Crippen LogP contribution in [0, 0.1) is 53.3 Å². The third kappa shape index (κ3) is 3.82. The van der Waals surface area contributed by atoms with E-state index < -0.39 is 8.07 Å². The van der Waals surface area contributed by atoms with Gasteiger partial charge in [0.05, 0.1) is 8.07 Å². The van der Waals surface area contributed by atoms with Gasteiger partial charge in [0.25, 0.3) is 0 Å². The van der Waals surface area contributed by atoms with Crippen LogP contribution in [0.15, 0.2) is 0 Å². The Morgan fingerprint density at radius 3 is 1.76 bits per heavy atom. The Kier molecular flexibility index (Phi) is 6.67. The van der Waals surface area contributed by atoms with Gasteiger partial charge in [0.2, 0.25) is 0 Å². The van der Waals surface area contributed by atoms with Gasteiger partial charge in [-0.1, -0.05) is 99.1 Å². The molecule has 0 saturated heterocycles. The normalized spacial score (nSPS) is 47.9. The summed E-state index contributed by atoms with van der Waals surface area (Å²) in [7, 11) is -1.29. The van der Waals surface area contributed by atoms with Crippen molar-refractivity contribution in [3.8, 4) is 0 Å². The lowest BCUT2D eigenvalue weighted by atomic mass is 9.68. The van der Waals surface area contributed by atoms with Gasteiger partial charge in [-0.15, -0.1) is 0 Å². The number of hydrogen-bond donors (Lipinski definition) is 0. The number of rotatable bonds is 4. The maximum atomic E-state index is 2.86. The van der Waals surface area contributed by atoms with Crippen molar-refractivity contribution in [3.63, 3.8) is 0 Å². The fraction of sp³-hybridized carbons (Fsp3) is 1.00. The van der Waals surface area contributed by atoms with Crippen LogP contribution in [0.1, 0.15) is 98.8 Å². The van der Waals surface area contributed by atoms with E-state index in [2.05, 4.69) is 47.7 Å². The zero-order chi connectivity index (χ0) is 20.9. The van der Waals surface area contributed by atoms with Crippen LogP contribution in [0.2, 0.25) is 24.2 Å². The van der Waals surface area contributed by atoms with Crippen LogP contribution in [-0.2, 0) is 0 Å². The van der Waals surface area contributed by atoms with Gasteiger partial charge < -0.3 is 0 Å². The Bertz CT molecular complexity index is 533. The fourth-order valence-corrected chi connectivity index (χ4v) is 16.2. The summed E-state index contributed by atoms with van der Waals surface area (Å²) in [5, 5.41) is 0. The molecule has 0 bridgehead atoms. The highest BCUT2D eigenvalue weighted by atomic mass is 28.3. The molecule has 0 aromatic heterocycles. The van der Waals surface area contributed by atoms with E-state index >= 15 is 0 Å². The van der Waals surface area contributed by atoms with Crippen molar-refractivity contribution in [1.82, 2.24) is 0 Å². The third-order valence-electron chi connectivity index (χ3n) is 12.0. The molecule has 0 amide bonds. The predicted octanol–water partition coefficient (Wildman–Crippen LogP) is 9.04. The molecule has 0 N–H and O–H groups in total. The highest BCUT2D eigenvalue weighted by Crippen LogP contribution is 2.64. The van der Waals surface area contributed by atoms with Crippen LogP contribution in [0.4, 0.5) is 0 Å². The van der Waals surface area contributed by atoms with Crippen LogP contribution >= 0.6 is 0 Å². The second kappa shape index (κ2) is 8.63. The summed E-state index contributed by atoms with van der Waals surface area (Å²) in [6.45, 7) is 18.8. The van der Waals surface area contributed by atoms with Gasteiger partial charge in [-0.3, -0.25) is 0 Å². The predicted molar refractivity (Wildman–Crippen MR) is 131 cm³/mol. The highest BCUT2D eigenvalue weighted by molar-refractivity contribution is 6.80. The van der Waals surface area contributed by atoms with Crippen LogP contribution in [-0.4, -0.2) is 8.07 Å². The average molecular weight is 417 g/mol. The highest BCUT2D eigenvalue weighted by Gasteiger charge is 2.58. The van der Waals surface area contributed by atoms with Crippen LogP contribution in [0.3, 0.4) is 0 Å². The third-order valence-corrected chi connectivity index (χ3v) is 17.3. The van der Waals surface area contributed by atoms with Crippen LogP contribution in [0.5, 0.6) is 0 Å². The van der Waals surface area contributed by atoms with E-state index in [1.807, 2.05) is 0 Å². The Morgan fingerprint density at radius 2 is 1.17 bits per heavy atom. The monoisotopic (exact) mass is 416 g/mol. The molecule has 4 aliphatic rings. The maximum absolute atomic E-state index is 2.86. The zero-order valence-electron chi connectivity index (χ0n) is 20.9. The molecule has 4 fully saturated rings. The van der Waals surface area contributed by atoms with Gasteiger partial charge in [-0.25, -0.2) is 0 Å². The molecule has 168 valence electrons. The molecule has 4 saturated carbocycles. The Hall–Kier alpha value is 0.217. The smallest absolute Gasteiger partial charge is 0.0544 e. The van der Waals surface area contributed by atoms with Crippen molar-refractivity contribution in [1.29, 1.82) is 0 Å². The van der Waals surface area contributed by atoms with E-state index in [9.17, 15) is 0 Å². The minimum Gasteiger partial charge on any atom is -0.0689 e. The van der Waals surface area contributed by atoms with Crippen LogP contribution < -0.4 is 0 Å². The summed E-state index contributed by atoms with van der Waals surface area (Å²) in [4.78, 5) is 0. The summed E-state index contributed by atoms with van der Waals surface area (Å²) in [6, 6.07) is 0. The van der Waals surface area contributed by atoms with Crippen molar-refractivity contribution in [2.75, 3.05) is 0 Å². The van der Waals surface area contributed by atoms with Crippen molar-refractivity contribution in [2.24, 2.45) is 53.3 Å². The Morgan fingerprint density at radius 1 is 0.655 bits per heavy atom. The molecule has 0 radical (unpaired) electrons. The molecule has 0 nitrogen and oxygen atoms in total. The second-order valence-corrected chi connectivity index (χ2v) is 18.2. The van der Waals surface area contributed by atoms with Gasteiger partial charge >= 0.3 is 0 Å². The molecule has 9 unspecified atom stereocenters. The first-order valence-electron chi connectivity index (χ1n) is 13.7. The Labute approximate surface area is 184 Å². The quantitative estimate of drug-likeness (QED) is 0.401. The molecular formula is C28H52Si. The molecule has 4 aliphatic carbocycles. The zero-order valence-corrected chi connectivity index (χ0v) is 21.9. The lowest BCUT2D eigenvalue weighted by Gasteiger charge is -2.45. The SMILES string of the molecule is CC(C1CCCCC1)C1CC([Si](C)(C)C2C(C)C(C)C(C)[C@H]2C)C2CCCCC12. The molecule has 10 atom stereocenters. The molecule has 0 aromatic rings. The summed E-state index contributed by atoms with van der Waals surface area (Å²) in [5.74, 6) is 9.12. The first kappa shape index (κ1) is 22.4. The van der Waals surface area contributed by atoms with Crippen molar-refractivity contribution in [3.05, 3.63) is 0 Å². The van der Waals surface area contributed by atoms with Crippen molar-refractivity contribution < 1.29 is 0 Å². The van der Waals surface area contributed by atoms with Gasteiger partial charge in [0, 0.05) is 0 Å². The minimum absolute atomic E-state index is 0.933. The number of fused-ring (bicyclic) bond motifs is 1. The van der Waals surface area contributed by atoms with Gasteiger partial charge in [0.15, 0.2) is 0 Å². The minimum atomic E-state index is -1.29. The lowest BCUT2D eigenvalue weighted by molar-refractivity contribution is 0.127. The molecule has 0 heterocycles. The number of hydrogen-bond acceptors (Lipinski definition) is 0. The summed E-state index contributed by atoms with van der Waals surface area (Å²) in [6.07, 6.45) is 15.5. The van der Waals surface area contributed by atoms with E-state index in [0.29, 0.717) is 0 Å². The summed E-state index contributed by atoms with van der Waals surface area (Å²) < 4.78 is 0. The van der Waals surface area contributed by atoms with Crippen LogP contribution in [0.25, 0.3) is 0 Å². The van der Waals surface area contributed by atoms with E-state index in [1.54, 1.807) is 32.1 Å². The van der Waals surface area contributed by atoms with Crippen molar-refractivity contribution >= 4 is 8.07 Å². The van der Waals surface area contributed by atoms with E-state index in [-0.39, 0.29) is 0 Å². The summed E-state index contributed by atoms with van der Waals surface area (Å²) >= 11 is 0. The molecule has 0 aliphatic heterocycles. The topological polar surface area (TPSA) is 0 Å². The molecule has 4 rings (SSSR count). The first-order valence-corrected chi connectivity index (χ1v) is 16.9. The largest absolute Gasteiger partial charge is 0.0689 e. The second-order valence-electron chi connectivity index (χ2n) is 13.2. The standard InChI is InChI=1S/C28H52Si/c1-18-19(2)21(4)28(20(18)3)29(6,7)27-17-26(24-15-11-12-16-25(24)27)22(5)23-13-9-8-10-14-23/h18-28H,8-17H2,1-7H3/t18?,19?,20-,21?,22?,24?,25?,26?,27?,28?/m1/s1. The molecule has 29 heavy (non-hydrogen) atoms. The van der Waals surface area contributed by atoms with E-state index in [0.717, 1.165) is 64.3 Å². The fourth-order valence-electron chi connectivity index (χ4n) is 10.0. The maximum Gasteiger partial charge on any atom is 0.0544 e. The molecular weight excluding hydrogens is 364 g/mol. The molecule has 0 spiro atoms. The average Bonchev–Trinajstić information content (AvgIpc) is 3.21. The van der Waals surface area contributed by atoms with Gasteiger partial charge in [-0.2, -0.15) is 0 Å². The van der Waals surface area contributed by atoms with E-state index in [4.69, 9.17) is 0 Å². The van der Waals surface area contributed by atoms with Crippen molar-refractivity contribution in [2.45, 2.75) is 123 Å².